The number of alkyl halides is 6. The Morgan fingerprint density at radius 2 is 1.26 bits per heavy atom. The van der Waals surface area contributed by atoms with Gasteiger partial charge in [-0.05, 0) is 13.8 Å². The third-order valence-electron chi connectivity index (χ3n) is 5.01. The molecule has 1 saturated heterocycles. The van der Waals surface area contributed by atoms with Crippen LogP contribution in [0.4, 0.5) is 26.3 Å². The highest BCUT2D eigenvalue weighted by molar-refractivity contribution is 8.04. The molecule has 0 saturated carbocycles. The smallest absolute Gasteiger partial charge is 0.343 e. The molecule has 7 nitrogen and oxygen atoms in total. The van der Waals surface area contributed by atoms with Crippen molar-refractivity contribution in [2.45, 2.75) is 43.1 Å². The van der Waals surface area contributed by atoms with Gasteiger partial charge in [-0.25, -0.2) is 16.8 Å². The van der Waals surface area contributed by atoms with Gasteiger partial charge in [0.05, 0.1) is 18.8 Å². The minimum atomic E-state index is -7.01. The van der Waals surface area contributed by atoms with Gasteiger partial charge in [0, 0.05) is 11.5 Å². The van der Waals surface area contributed by atoms with Crippen LogP contribution < -0.4 is 0 Å². The van der Waals surface area contributed by atoms with Crippen LogP contribution >= 0.6 is 0 Å². The van der Waals surface area contributed by atoms with Crippen molar-refractivity contribution in [3.8, 4) is 0 Å². The van der Waals surface area contributed by atoms with E-state index in [4.69, 9.17) is 9.47 Å². The summed E-state index contributed by atoms with van der Waals surface area (Å²) < 4.78 is 137. The third kappa shape index (κ3) is 4.17. The highest BCUT2D eigenvalue weighted by atomic mass is 32.3. The molecule has 15 heteroatoms. The van der Waals surface area contributed by atoms with Crippen LogP contribution in [0.25, 0.3) is 0 Å². The lowest BCUT2D eigenvalue weighted by atomic mass is 9.80. The van der Waals surface area contributed by atoms with Gasteiger partial charge in [0.1, 0.15) is 0 Å². The third-order valence-corrected chi connectivity index (χ3v) is 9.18. The Labute approximate surface area is 175 Å². The lowest BCUT2D eigenvalue weighted by Crippen LogP contribution is -2.63. The minimum Gasteiger partial charge on any atom is -0.343 e. The van der Waals surface area contributed by atoms with E-state index in [2.05, 4.69) is 0 Å². The molecule has 1 fully saturated rings. The average Bonchev–Trinajstić information content (AvgIpc) is 3.10. The van der Waals surface area contributed by atoms with Crippen molar-refractivity contribution in [1.29, 1.82) is 0 Å². The first kappa shape index (κ1) is 25.8. The zero-order chi connectivity index (χ0) is 24.1. The van der Waals surface area contributed by atoms with Gasteiger partial charge in [0.2, 0.25) is 0 Å². The normalized spacial score (nSPS) is 19.5. The summed E-state index contributed by atoms with van der Waals surface area (Å²) in [4.78, 5) is 0. The van der Waals surface area contributed by atoms with E-state index in [0.717, 1.165) is 6.92 Å². The molecule has 0 aromatic heterocycles. The second kappa shape index (κ2) is 7.86. The first-order valence-electron chi connectivity index (χ1n) is 8.60. The van der Waals surface area contributed by atoms with Crippen molar-refractivity contribution in [3.05, 3.63) is 35.9 Å². The number of halogens is 6. The van der Waals surface area contributed by atoms with Crippen LogP contribution in [-0.2, 0) is 35.3 Å². The molecule has 0 spiro atoms. The van der Waals surface area contributed by atoms with E-state index in [-0.39, 0.29) is 18.8 Å². The summed E-state index contributed by atoms with van der Waals surface area (Å²) in [5, 5.41) is 0. The van der Waals surface area contributed by atoms with E-state index in [1.54, 1.807) is 6.07 Å². The van der Waals surface area contributed by atoms with Gasteiger partial charge < -0.3 is 9.47 Å². The van der Waals surface area contributed by atoms with E-state index >= 15 is 0 Å². The van der Waals surface area contributed by atoms with Gasteiger partial charge in [-0.15, -0.1) is 0 Å². The molecule has 0 N–H and O–H groups in total. The molecule has 1 aliphatic rings. The van der Waals surface area contributed by atoms with Crippen molar-refractivity contribution in [3.63, 3.8) is 0 Å². The number of benzene rings is 1. The maximum absolute atomic E-state index is 13.3. The van der Waals surface area contributed by atoms with Gasteiger partial charge >= 0.3 is 31.1 Å². The summed E-state index contributed by atoms with van der Waals surface area (Å²) >= 11 is 0. The quantitative estimate of drug-likeness (QED) is 0.558. The Hall–Kier alpha value is -1.42. The fourth-order valence-electron chi connectivity index (χ4n) is 3.33. The number of rotatable bonds is 6. The topological polar surface area (TPSA) is 90.0 Å². The molecule has 1 aromatic rings. The number of ether oxygens (including phenoxy) is 2. The van der Waals surface area contributed by atoms with Crippen LogP contribution in [0, 0.1) is 5.92 Å². The average molecular weight is 499 g/mol. The highest BCUT2D eigenvalue weighted by Gasteiger charge is 2.68. The number of hydrogen-bond acceptors (Lipinski definition) is 6. The first-order valence-corrected chi connectivity index (χ1v) is 11.5. The molecule has 1 aliphatic heterocycles. The molecule has 0 aliphatic carbocycles. The Kier molecular flexibility index (Phi) is 6.55. The molecule has 31 heavy (non-hydrogen) atoms. The molecule has 0 radical (unpaired) electrons. The predicted octanol–water partition coefficient (Wildman–Crippen LogP) is 3.30. The van der Waals surface area contributed by atoms with Gasteiger partial charge in [-0.3, -0.25) is 0 Å². The van der Waals surface area contributed by atoms with Crippen molar-refractivity contribution in [2.24, 2.45) is 5.92 Å². The van der Waals surface area contributed by atoms with Crippen LogP contribution in [0.5, 0.6) is 0 Å². The van der Waals surface area contributed by atoms with Gasteiger partial charge in [-0.1, -0.05) is 41.0 Å². The van der Waals surface area contributed by atoms with E-state index in [9.17, 15) is 43.2 Å². The van der Waals surface area contributed by atoms with Gasteiger partial charge in [0.25, 0.3) is 0 Å². The van der Waals surface area contributed by atoms with Crippen molar-refractivity contribution in [1.82, 2.24) is 3.71 Å². The van der Waals surface area contributed by atoms with Crippen LogP contribution in [0.2, 0.25) is 0 Å². The van der Waals surface area contributed by atoms with E-state index in [0.29, 0.717) is 13.8 Å². The summed E-state index contributed by atoms with van der Waals surface area (Å²) in [6, 6.07) is 7.34. The fraction of sp³-hybridized carbons (Fsp3) is 0.625. The number of hydrogen-bond donors (Lipinski definition) is 0. The molecule has 1 atom stereocenters. The van der Waals surface area contributed by atoms with E-state index < -0.39 is 52.0 Å². The van der Waals surface area contributed by atoms with Crippen LogP contribution in [-0.4, -0.2) is 50.3 Å². The van der Waals surface area contributed by atoms with E-state index in [1.165, 1.54) is 24.3 Å². The summed E-state index contributed by atoms with van der Waals surface area (Å²) in [5.41, 5.74) is -15.4. The van der Waals surface area contributed by atoms with E-state index in [1.807, 2.05) is 0 Å². The largest absolute Gasteiger partial charge is 0.512 e. The standard InChI is InChI=1S/C16H19F6NO6S2/c1-11(14(28-9-10-29-14)12-7-5-4-6-8-12)13(2,3)23(30(24,25)15(17,18)19)31(26,27)16(20,21)22/h4-8,11H,9-10H2,1-3H3. The van der Waals surface area contributed by atoms with Crippen LogP contribution in [0.3, 0.4) is 0 Å². The monoisotopic (exact) mass is 499 g/mol. The Morgan fingerprint density at radius 3 is 1.61 bits per heavy atom. The van der Waals surface area contributed by atoms with Crippen LogP contribution in [0.1, 0.15) is 26.3 Å². The Morgan fingerprint density at radius 1 is 0.871 bits per heavy atom. The lowest BCUT2D eigenvalue weighted by Gasteiger charge is -2.46. The van der Waals surface area contributed by atoms with Crippen molar-refractivity contribution >= 4 is 20.0 Å². The molecule has 0 amide bonds. The summed E-state index contributed by atoms with van der Waals surface area (Å²) in [5.74, 6) is -3.68. The first-order chi connectivity index (χ1) is 13.8. The summed E-state index contributed by atoms with van der Waals surface area (Å²) in [6.45, 7) is 2.06. The SMILES string of the molecule is CC(C1(c2ccccc2)OCCO1)C(C)(C)N(S(=O)(=O)C(F)(F)F)S(=O)(=O)C(F)(F)F. The molecule has 1 unspecified atom stereocenters. The molecule has 178 valence electrons. The molecule has 1 heterocycles. The molecular formula is C16H19F6NO6S2. The molecule has 1 aromatic carbocycles. The minimum absolute atomic E-state index is 0.118. The van der Waals surface area contributed by atoms with Gasteiger partial charge in [0.15, 0.2) is 5.79 Å². The van der Waals surface area contributed by atoms with Crippen molar-refractivity contribution < 1.29 is 52.7 Å². The fourth-order valence-corrected chi connectivity index (χ4v) is 6.80. The highest BCUT2D eigenvalue weighted by Crippen LogP contribution is 2.49. The zero-order valence-electron chi connectivity index (χ0n) is 16.4. The Balaban J connectivity index is 2.79. The number of nitrogens with zero attached hydrogens (tertiary/aromatic N) is 1. The van der Waals surface area contributed by atoms with Crippen molar-refractivity contribution in [2.75, 3.05) is 13.2 Å². The van der Waals surface area contributed by atoms with Crippen LogP contribution in [0.15, 0.2) is 30.3 Å². The maximum Gasteiger partial charge on any atom is 0.512 e. The Bertz CT molecular complexity index is 955. The zero-order valence-corrected chi connectivity index (χ0v) is 18.0. The predicted molar refractivity (Wildman–Crippen MR) is 95.1 cm³/mol. The second-order valence-corrected chi connectivity index (χ2v) is 11.0. The van der Waals surface area contributed by atoms with Gasteiger partial charge in [-0.2, -0.15) is 26.3 Å². The lowest BCUT2D eigenvalue weighted by molar-refractivity contribution is -0.219. The second-order valence-electron chi connectivity index (χ2n) is 7.20. The molecule has 0 bridgehead atoms. The molecule has 2 rings (SSSR count). The summed E-state index contributed by atoms with van der Waals surface area (Å²) in [6.07, 6.45) is 0. The maximum atomic E-state index is 13.3. The summed E-state index contributed by atoms with van der Waals surface area (Å²) in [7, 11) is -14.0. The number of sulfonamides is 2. The molecular weight excluding hydrogens is 480 g/mol.